The van der Waals surface area contributed by atoms with Gasteiger partial charge >= 0.3 is 6.18 Å². The van der Waals surface area contributed by atoms with Gasteiger partial charge in [0, 0.05) is 6.20 Å². The topological polar surface area (TPSA) is 78.3 Å². The molecule has 134 valence electrons. The molecule has 0 spiro atoms. The van der Waals surface area contributed by atoms with E-state index >= 15 is 0 Å². The Bertz CT molecular complexity index is 932. The Morgan fingerprint density at radius 1 is 1.19 bits per heavy atom. The number of alkyl halides is 3. The molecule has 0 aliphatic heterocycles. The number of hydrogen-bond donors (Lipinski definition) is 1. The molecule has 2 heterocycles. The second-order valence-electron chi connectivity index (χ2n) is 5.35. The molecule has 0 aliphatic rings. The van der Waals surface area contributed by atoms with E-state index in [0.717, 1.165) is 11.8 Å². The zero-order chi connectivity index (χ0) is 18.7. The van der Waals surface area contributed by atoms with Gasteiger partial charge in [-0.2, -0.15) is 18.3 Å². The quantitative estimate of drug-likeness (QED) is 0.716. The first-order valence-electron chi connectivity index (χ1n) is 7.49. The van der Waals surface area contributed by atoms with E-state index in [1.54, 1.807) is 31.5 Å². The van der Waals surface area contributed by atoms with E-state index in [2.05, 4.69) is 15.1 Å². The van der Waals surface area contributed by atoms with E-state index in [1.807, 2.05) is 0 Å². The van der Waals surface area contributed by atoms with E-state index in [0.29, 0.717) is 5.56 Å². The third-order valence-corrected chi connectivity index (χ3v) is 3.34. The number of aryl methyl sites for hydroxylation is 1. The lowest BCUT2D eigenvalue weighted by Gasteiger charge is -2.12. The molecule has 2 aromatic heterocycles. The van der Waals surface area contributed by atoms with Gasteiger partial charge in [-0.15, -0.1) is 0 Å². The van der Waals surface area contributed by atoms with Gasteiger partial charge in [0.25, 0.3) is 0 Å². The van der Waals surface area contributed by atoms with Crippen LogP contribution in [0, 0.1) is 6.92 Å². The zero-order valence-electron chi connectivity index (χ0n) is 13.6. The summed E-state index contributed by atoms with van der Waals surface area (Å²) in [5, 5.41) is 4.16. The average Bonchev–Trinajstić information content (AvgIpc) is 2.91. The van der Waals surface area contributed by atoms with Gasteiger partial charge in [-0.3, -0.25) is 0 Å². The van der Waals surface area contributed by atoms with Crippen LogP contribution in [0.3, 0.4) is 0 Å². The van der Waals surface area contributed by atoms with Crippen molar-refractivity contribution in [2.75, 3.05) is 5.73 Å². The lowest BCUT2D eigenvalue weighted by molar-refractivity contribution is -0.138. The molecule has 1 aromatic carbocycles. The number of aromatic nitrogens is 3. The SMILES string of the molecule is Cc1cn(N=Cc2ccc(Oc3ncccc3C(F)(F)F)cc2)c(N)n1. The van der Waals surface area contributed by atoms with Crippen LogP contribution in [0.1, 0.15) is 16.8 Å². The van der Waals surface area contributed by atoms with Crippen molar-refractivity contribution in [2.45, 2.75) is 13.1 Å². The van der Waals surface area contributed by atoms with E-state index < -0.39 is 17.6 Å². The van der Waals surface area contributed by atoms with E-state index in [-0.39, 0.29) is 11.7 Å². The Morgan fingerprint density at radius 2 is 1.92 bits per heavy atom. The smallest absolute Gasteiger partial charge is 0.421 e. The second kappa shape index (κ2) is 6.87. The molecular weight excluding hydrogens is 347 g/mol. The van der Waals surface area contributed by atoms with Gasteiger partial charge in [0.15, 0.2) is 0 Å². The highest BCUT2D eigenvalue weighted by Gasteiger charge is 2.35. The van der Waals surface area contributed by atoms with Gasteiger partial charge in [-0.25, -0.2) is 14.6 Å². The van der Waals surface area contributed by atoms with Crippen LogP contribution >= 0.6 is 0 Å². The van der Waals surface area contributed by atoms with Crippen LogP contribution in [0.2, 0.25) is 0 Å². The number of benzene rings is 1. The normalized spacial score (nSPS) is 11.8. The summed E-state index contributed by atoms with van der Waals surface area (Å²) in [6, 6.07) is 8.47. The molecular formula is C17H14F3N5O. The summed E-state index contributed by atoms with van der Waals surface area (Å²) >= 11 is 0. The lowest BCUT2D eigenvalue weighted by atomic mass is 10.2. The molecule has 2 N–H and O–H groups in total. The highest BCUT2D eigenvalue weighted by atomic mass is 19.4. The summed E-state index contributed by atoms with van der Waals surface area (Å²) in [5.41, 5.74) is 6.19. The predicted molar refractivity (Wildman–Crippen MR) is 90.1 cm³/mol. The third-order valence-electron chi connectivity index (χ3n) is 3.34. The number of hydrogen-bond acceptors (Lipinski definition) is 5. The monoisotopic (exact) mass is 361 g/mol. The Labute approximate surface area is 146 Å². The van der Waals surface area contributed by atoms with Gasteiger partial charge < -0.3 is 10.5 Å². The highest BCUT2D eigenvalue weighted by molar-refractivity contribution is 5.79. The number of halogens is 3. The molecule has 3 aromatic rings. The maximum Gasteiger partial charge on any atom is 0.421 e. The van der Waals surface area contributed by atoms with Gasteiger partial charge in [0.2, 0.25) is 11.8 Å². The Balaban J connectivity index is 1.76. The minimum atomic E-state index is -4.54. The molecule has 6 nitrogen and oxygen atoms in total. The van der Waals surface area contributed by atoms with Crippen LogP contribution in [0.15, 0.2) is 53.9 Å². The van der Waals surface area contributed by atoms with Gasteiger partial charge in [0.1, 0.15) is 11.3 Å². The molecule has 3 rings (SSSR count). The van der Waals surface area contributed by atoms with Crippen LogP contribution in [-0.4, -0.2) is 20.9 Å². The number of rotatable bonds is 4. The Hall–Kier alpha value is -3.36. The summed E-state index contributed by atoms with van der Waals surface area (Å²) in [5.74, 6) is -0.0130. The largest absolute Gasteiger partial charge is 0.438 e. The summed E-state index contributed by atoms with van der Waals surface area (Å²) in [6.45, 7) is 1.79. The molecule has 0 amide bonds. The van der Waals surface area contributed by atoms with Crippen LogP contribution in [0.5, 0.6) is 11.6 Å². The van der Waals surface area contributed by atoms with Crippen molar-refractivity contribution in [3.05, 3.63) is 65.6 Å². The van der Waals surface area contributed by atoms with Crippen LogP contribution in [0.25, 0.3) is 0 Å². The zero-order valence-corrected chi connectivity index (χ0v) is 13.6. The minimum Gasteiger partial charge on any atom is -0.438 e. The third kappa shape index (κ3) is 4.00. The van der Waals surface area contributed by atoms with Crippen molar-refractivity contribution in [3.8, 4) is 11.6 Å². The van der Waals surface area contributed by atoms with Crippen molar-refractivity contribution >= 4 is 12.2 Å². The van der Waals surface area contributed by atoms with Crippen molar-refractivity contribution in [2.24, 2.45) is 5.10 Å². The molecule has 0 saturated heterocycles. The molecule has 0 bridgehead atoms. The number of nitrogens with zero attached hydrogens (tertiary/aromatic N) is 4. The fraction of sp³-hybridized carbons (Fsp3) is 0.118. The molecule has 0 fully saturated rings. The first kappa shape index (κ1) is 17.5. The fourth-order valence-corrected chi connectivity index (χ4v) is 2.15. The summed E-state index contributed by atoms with van der Waals surface area (Å²) < 4.78 is 45.6. The predicted octanol–water partition coefficient (Wildman–Crippen LogP) is 3.86. The molecule has 0 unspecified atom stereocenters. The number of anilines is 1. The van der Waals surface area contributed by atoms with Crippen molar-refractivity contribution in [1.82, 2.24) is 14.6 Å². The summed E-state index contributed by atoms with van der Waals surface area (Å²) in [7, 11) is 0. The molecule has 26 heavy (non-hydrogen) atoms. The number of ether oxygens (including phenoxy) is 1. The number of pyridine rings is 1. The Morgan fingerprint density at radius 3 is 2.54 bits per heavy atom. The molecule has 0 aliphatic carbocycles. The van der Waals surface area contributed by atoms with E-state index in [9.17, 15) is 13.2 Å². The molecule has 9 heteroatoms. The average molecular weight is 361 g/mol. The van der Waals surface area contributed by atoms with Crippen molar-refractivity contribution in [1.29, 1.82) is 0 Å². The van der Waals surface area contributed by atoms with Crippen LogP contribution < -0.4 is 10.5 Å². The fourth-order valence-electron chi connectivity index (χ4n) is 2.15. The number of nitrogens with two attached hydrogens (primary N) is 1. The van der Waals surface area contributed by atoms with Crippen LogP contribution in [0.4, 0.5) is 19.1 Å². The maximum absolute atomic E-state index is 13.0. The first-order chi connectivity index (χ1) is 12.3. The van der Waals surface area contributed by atoms with Crippen molar-refractivity contribution < 1.29 is 17.9 Å². The molecule has 0 atom stereocenters. The van der Waals surface area contributed by atoms with Gasteiger partial charge in [-0.05, 0) is 48.9 Å². The molecule has 0 saturated carbocycles. The lowest BCUT2D eigenvalue weighted by Crippen LogP contribution is -2.08. The van der Waals surface area contributed by atoms with Gasteiger partial charge in [-0.1, -0.05) is 0 Å². The maximum atomic E-state index is 13.0. The van der Waals surface area contributed by atoms with Crippen molar-refractivity contribution in [3.63, 3.8) is 0 Å². The number of nitrogen functional groups attached to an aromatic ring is 1. The second-order valence-corrected chi connectivity index (χ2v) is 5.35. The van der Waals surface area contributed by atoms with E-state index in [1.165, 1.54) is 29.1 Å². The molecule has 0 radical (unpaired) electrons. The standard InChI is InChI=1S/C17H14F3N5O/c1-11-10-25(16(21)24-11)23-9-12-4-6-13(7-5-12)26-15-14(17(18,19)20)3-2-8-22-15/h2-10H,1H3,(H2,21,24). The first-order valence-corrected chi connectivity index (χ1v) is 7.49. The number of imidazole rings is 1. The Kier molecular flexibility index (Phi) is 4.61. The summed E-state index contributed by atoms with van der Waals surface area (Å²) in [6.07, 6.45) is -0.0889. The highest BCUT2D eigenvalue weighted by Crippen LogP contribution is 2.36. The minimum absolute atomic E-state index is 0.226. The van der Waals surface area contributed by atoms with Crippen LogP contribution in [-0.2, 0) is 6.18 Å². The summed E-state index contributed by atoms with van der Waals surface area (Å²) in [4.78, 5) is 7.68. The van der Waals surface area contributed by atoms with E-state index in [4.69, 9.17) is 10.5 Å². The van der Waals surface area contributed by atoms with Gasteiger partial charge in [0.05, 0.1) is 18.1 Å².